The molecule has 1 N–H and O–H groups in total. The van der Waals surface area contributed by atoms with Crippen LogP contribution in [0.2, 0.25) is 0 Å². The maximum absolute atomic E-state index is 13.6. The lowest BCUT2D eigenvalue weighted by Gasteiger charge is -2.27. The number of ether oxygens (including phenoxy) is 1. The number of likely N-dealkylation sites (tertiary alicyclic amines) is 1. The van der Waals surface area contributed by atoms with Crippen LogP contribution >= 0.6 is 0 Å². The molecule has 3 aromatic rings. The molecule has 0 radical (unpaired) electrons. The van der Waals surface area contributed by atoms with E-state index in [4.69, 9.17) is 16.7 Å². The Balaban J connectivity index is 1.46. The Labute approximate surface area is 192 Å². The van der Waals surface area contributed by atoms with E-state index < -0.39 is 0 Å². The summed E-state index contributed by atoms with van der Waals surface area (Å²) in [5.74, 6) is 1.32. The highest BCUT2D eigenvalue weighted by molar-refractivity contribution is 6.08. The summed E-state index contributed by atoms with van der Waals surface area (Å²) in [5.41, 5.74) is 3.44. The van der Waals surface area contributed by atoms with Crippen molar-refractivity contribution in [2.24, 2.45) is 0 Å². The van der Waals surface area contributed by atoms with E-state index in [0.717, 1.165) is 37.2 Å². The van der Waals surface area contributed by atoms with Gasteiger partial charge >= 0.3 is 0 Å². The van der Waals surface area contributed by atoms with Crippen LogP contribution in [-0.2, 0) is 6.42 Å². The Kier molecular flexibility index (Phi) is 5.31. The van der Waals surface area contributed by atoms with Gasteiger partial charge in [0.2, 0.25) is 0 Å². The van der Waals surface area contributed by atoms with E-state index in [-0.39, 0.29) is 11.7 Å². The van der Waals surface area contributed by atoms with Gasteiger partial charge in [-0.1, -0.05) is 6.57 Å². The van der Waals surface area contributed by atoms with E-state index in [1.54, 1.807) is 28.8 Å². The van der Waals surface area contributed by atoms with E-state index in [2.05, 4.69) is 14.8 Å². The molecule has 1 saturated heterocycles. The van der Waals surface area contributed by atoms with Crippen molar-refractivity contribution in [1.29, 1.82) is 5.41 Å². The van der Waals surface area contributed by atoms with Crippen molar-refractivity contribution < 1.29 is 9.53 Å². The number of aromatic nitrogens is 2. The zero-order chi connectivity index (χ0) is 22.9. The quantitative estimate of drug-likeness (QED) is 0.377. The van der Waals surface area contributed by atoms with Gasteiger partial charge in [0.15, 0.2) is 0 Å². The Bertz CT molecular complexity index is 1250. The van der Waals surface area contributed by atoms with Crippen molar-refractivity contribution in [2.75, 3.05) is 31.6 Å². The van der Waals surface area contributed by atoms with E-state index in [1.165, 1.54) is 0 Å². The first-order chi connectivity index (χ1) is 16.1. The first-order valence-corrected chi connectivity index (χ1v) is 11.0. The molecule has 0 bridgehead atoms. The molecule has 0 saturated carbocycles. The second kappa shape index (κ2) is 8.43. The highest BCUT2D eigenvalue weighted by Gasteiger charge is 2.34. The SMILES string of the molecule is [C-]#[N+]c1nn(-c2ccc(OC)cc2)c2c1CCN(c1ccc(C(=N)N3CCCC3)cc1)C2=O. The molecule has 0 aliphatic carbocycles. The summed E-state index contributed by atoms with van der Waals surface area (Å²) in [6.45, 7) is 9.84. The third kappa shape index (κ3) is 3.61. The van der Waals surface area contributed by atoms with Crippen LogP contribution in [0.15, 0.2) is 48.5 Å². The van der Waals surface area contributed by atoms with Crippen LogP contribution in [0.5, 0.6) is 5.75 Å². The average Bonchev–Trinajstić information content (AvgIpc) is 3.53. The number of nitrogens with zero attached hydrogens (tertiary/aromatic N) is 5. The van der Waals surface area contributed by atoms with Crippen LogP contribution in [0.25, 0.3) is 10.5 Å². The van der Waals surface area contributed by atoms with Gasteiger partial charge in [-0.15, -0.1) is 0 Å². The van der Waals surface area contributed by atoms with Crippen molar-refractivity contribution in [2.45, 2.75) is 19.3 Å². The van der Waals surface area contributed by atoms with E-state index in [0.29, 0.717) is 41.5 Å². The van der Waals surface area contributed by atoms with Gasteiger partial charge in [0.05, 0.1) is 12.8 Å². The van der Waals surface area contributed by atoms with Crippen molar-refractivity contribution in [1.82, 2.24) is 14.7 Å². The molecule has 8 nitrogen and oxygen atoms in total. The number of amidine groups is 1. The van der Waals surface area contributed by atoms with Crippen LogP contribution in [0, 0.1) is 12.0 Å². The standard InChI is InChI=1S/C25H24N6O2/c1-27-24-21-13-16-30(18-7-5-17(6-8-18)23(26)29-14-3-4-15-29)25(32)22(21)31(28-24)19-9-11-20(33-2)12-10-19/h5-12,26H,3-4,13-16H2,2H3. The number of methoxy groups -OCH3 is 1. The van der Waals surface area contributed by atoms with Gasteiger partial charge < -0.3 is 19.4 Å². The van der Waals surface area contributed by atoms with Gasteiger partial charge in [-0.2, -0.15) is 4.68 Å². The van der Waals surface area contributed by atoms with Crippen molar-refractivity contribution >= 4 is 23.2 Å². The second-order valence-electron chi connectivity index (χ2n) is 8.17. The van der Waals surface area contributed by atoms with Crippen LogP contribution in [0.3, 0.4) is 0 Å². The largest absolute Gasteiger partial charge is 0.497 e. The Morgan fingerprint density at radius 3 is 2.33 bits per heavy atom. The number of hydrogen-bond acceptors (Lipinski definition) is 4. The molecular weight excluding hydrogens is 416 g/mol. The molecule has 1 aromatic heterocycles. The number of rotatable bonds is 4. The van der Waals surface area contributed by atoms with Crippen LogP contribution in [0.4, 0.5) is 11.5 Å². The summed E-state index contributed by atoms with van der Waals surface area (Å²) in [6.07, 6.45) is 2.80. The minimum Gasteiger partial charge on any atom is -0.497 e. The molecule has 166 valence electrons. The number of fused-ring (bicyclic) bond motifs is 1. The number of hydrogen-bond donors (Lipinski definition) is 1. The van der Waals surface area contributed by atoms with E-state index >= 15 is 0 Å². The molecule has 2 aliphatic rings. The number of carbonyl (C=O) groups is 1. The molecule has 5 rings (SSSR count). The fourth-order valence-corrected chi connectivity index (χ4v) is 4.51. The van der Waals surface area contributed by atoms with Crippen LogP contribution in [0.1, 0.15) is 34.5 Å². The minimum absolute atomic E-state index is 0.183. The molecule has 2 aromatic carbocycles. The maximum Gasteiger partial charge on any atom is 0.300 e. The molecule has 3 heterocycles. The molecule has 8 heteroatoms. The van der Waals surface area contributed by atoms with Crippen LogP contribution in [-0.4, -0.2) is 53.2 Å². The van der Waals surface area contributed by atoms with Gasteiger partial charge in [-0.3, -0.25) is 10.2 Å². The second-order valence-corrected chi connectivity index (χ2v) is 8.17. The molecule has 2 aliphatic heterocycles. The smallest absolute Gasteiger partial charge is 0.300 e. The summed E-state index contributed by atoms with van der Waals surface area (Å²) >= 11 is 0. The molecule has 1 fully saturated rings. The normalized spacial score (nSPS) is 15.3. The minimum atomic E-state index is -0.183. The van der Waals surface area contributed by atoms with E-state index in [1.807, 2.05) is 36.4 Å². The zero-order valence-corrected chi connectivity index (χ0v) is 18.4. The number of anilines is 1. The highest BCUT2D eigenvalue weighted by Crippen LogP contribution is 2.33. The van der Waals surface area contributed by atoms with Crippen molar-refractivity contribution in [3.8, 4) is 11.4 Å². The van der Waals surface area contributed by atoms with Crippen molar-refractivity contribution in [3.63, 3.8) is 0 Å². The topological polar surface area (TPSA) is 78.8 Å². The molecule has 0 spiro atoms. The van der Waals surface area contributed by atoms with Gasteiger partial charge in [0.1, 0.15) is 17.3 Å². The lowest BCUT2D eigenvalue weighted by molar-refractivity contribution is 0.0973. The van der Waals surface area contributed by atoms with Gasteiger partial charge in [-0.05, 0) is 72.9 Å². The summed E-state index contributed by atoms with van der Waals surface area (Å²) < 4.78 is 6.79. The first kappa shape index (κ1) is 20.8. The Hall–Kier alpha value is -4.12. The van der Waals surface area contributed by atoms with Crippen molar-refractivity contribution in [3.05, 3.63) is 76.8 Å². The van der Waals surface area contributed by atoms with E-state index in [9.17, 15) is 4.79 Å². The van der Waals surface area contributed by atoms with Gasteiger partial charge in [0, 0.05) is 36.4 Å². The molecule has 1 amide bonds. The third-order valence-electron chi connectivity index (χ3n) is 6.29. The van der Waals surface area contributed by atoms with Gasteiger partial charge in [0.25, 0.3) is 11.7 Å². The molecule has 33 heavy (non-hydrogen) atoms. The number of nitrogens with one attached hydrogen (secondary N) is 1. The fraction of sp³-hybridized carbons (Fsp3) is 0.280. The lowest BCUT2D eigenvalue weighted by Crippen LogP contribution is -2.38. The predicted octanol–water partition coefficient (Wildman–Crippen LogP) is 4.06. The molecular formula is C25H24N6O2. The number of carbonyl (C=O) groups excluding carboxylic acids is 1. The maximum atomic E-state index is 13.6. The summed E-state index contributed by atoms with van der Waals surface area (Å²) in [6, 6.07) is 14.9. The summed E-state index contributed by atoms with van der Waals surface area (Å²) in [4.78, 5) is 21.0. The molecule has 0 atom stereocenters. The lowest BCUT2D eigenvalue weighted by atomic mass is 10.0. The third-order valence-corrected chi connectivity index (χ3v) is 6.29. The zero-order valence-electron chi connectivity index (χ0n) is 18.4. The van der Waals surface area contributed by atoms with Crippen LogP contribution < -0.4 is 9.64 Å². The number of benzene rings is 2. The van der Waals surface area contributed by atoms with Gasteiger partial charge in [-0.25, -0.2) is 0 Å². The average molecular weight is 441 g/mol. The Morgan fingerprint density at radius 2 is 1.70 bits per heavy atom. The predicted molar refractivity (Wildman–Crippen MR) is 126 cm³/mol. The molecule has 0 unspecified atom stereocenters. The summed E-state index contributed by atoms with van der Waals surface area (Å²) in [5, 5.41) is 12.9. The fourth-order valence-electron chi connectivity index (χ4n) is 4.51. The monoisotopic (exact) mass is 440 g/mol. The Morgan fingerprint density at radius 1 is 1.03 bits per heavy atom. The highest BCUT2D eigenvalue weighted by atomic mass is 16.5. The summed E-state index contributed by atoms with van der Waals surface area (Å²) in [7, 11) is 1.60. The number of amides is 1. The first-order valence-electron chi connectivity index (χ1n) is 11.0.